The molecule has 1 saturated carbocycles. The predicted molar refractivity (Wildman–Crippen MR) is 84.6 cm³/mol. The maximum atomic E-state index is 10.8. The molecule has 0 bridgehead atoms. The van der Waals surface area contributed by atoms with E-state index in [9.17, 15) is 4.79 Å². The molecule has 2 atom stereocenters. The van der Waals surface area contributed by atoms with Crippen molar-refractivity contribution in [2.75, 3.05) is 20.0 Å². The number of hydrogen-bond acceptors (Lipinski definition) is 4. The van der Waals surface area contributed by atoms with Crippen molar-refractivity contribution in [3.63, 3.8) is 0 Å². The van der Waals surface area contributed by atoms with E-state index in [0.717, 1.165) is 29.9 Å². The number of methoxy groups -OCH3 is 2. The van der Waals surface area contributed by atoms with Crippen LogP contribution in [-0.4, -0.2) is 36.3 Å². The summed E-state index contributed by atoms with van der Waals surface area (Å²) in [6, 6.07) is 5.94. The van der Waals surface area contributed by atoms with Crippen LogP contribution in [0.15, 0.2) is 18.2 Å². The van der Waals surface area contributed by atoms with Crippen LogP contribution in [0, 0.1) is 0 Å². The number of aliphatic carboxylic acids is 1. The number of carbonyl (C=O) groups is 1. The number of ether oxygens (including phenoxy) is 2. The Balaban J connectivity index is 2.26. The van der Waals surface area contributed by atoms with E-state index in [1.807, 2.05) is 12.1 Å². The van der Waals surface area contributed by atoms with Gasteiger partial charge < -0.3 is 14.6 Å². The Morgan fingerprint density at radius 1 is 1.29 bits per heavy atom. The Kier molecular flexibility index (Phi) is 5.79. The van der Waals surface area contributed by atoms with Gasteiger partial charge in [-0.1, -0.05) is 25.0 Å². The van der Waals surface area contributed by atoms with Gasteiger partial charge in [-0.15, -0.1) is 11.8 Å². The summed E-state index contributed by atoms with van der Waals surface area (Å²) in [5.41, 5.74) is 1.14. The molecule has 5 heteroatoms. The molecule has 0 radical (unpaired) electrons. The molecule has 2 rings (SSSR count). The molecule has 1 aromatic carbocycles. The summed E-state index contributed by atoms with van der Waals surface area (Å²) >= 11 is 1.55. The minimum Gasteiger partial charge on any atom is -0.493 e. The summed E-state index contributed by atoms with van der Waals surface area (Å²) in [5, 5.41) is 9.25. The van der Waals surface area contributed by atoms with Gasteiger partial charge in [0.05, 0.1) is 20.0 Å². The van der Waals surface area contributed by atoms with E-state index in [4.69, 9.17) is 14.6 Å². The van der Waals surface area contributed by atoms with Gasteiger partial charge in [-0.2, -0.15) is 0 Å². The topological polar surface area (TPSA) is 55.8 Å². The molecule has 0 heterocycles. The van der Waals surface area contributed by atoms with Crippen LogP contribution >= 0.6 is 11.8 Å². The highest BCUT2D eigenvalue weighted by Crippen LogP contribution is 2.45. The van der Waals surface area contributed by atoms with Crippen molar-refractivity contribution < 1.29 is 19.4 Å². The Morgan fingerprint density at radius 3 is 2.71 bits per heavy atom. The smallest absolute Gasteiger partial charge is 0.313 e. The summed E-state index contributed by atoms with van der Waals surface area (Å²) in [6.07, 6.45) is 4.47. The van der Waals surface area contributed by atoms with Gasteiger partial charge in [0.2, 0.25) is 0 Å². The first-order valence-corrected chi connectivity index (χ1v) is 8.26. The van der Waals surface area contributed by atoms with Crippen LogP contribution in [0.25, 0.3) is 0 Å². The predicted octanol–water partition coefficient (Wildman–Crippen LogP) is 3.55. The molecule has 0 spiro atoms. The van der Waals surface area contributed by atoms with Gasteiger partial charge in [0.15, 0.2) is 11.5 Å². The highest BCUT2D eigenvalue weighted by molar-refractivity contribution is 8.00. The van der Waals surface area contributed by atoms with Crippen LogP contribution in [-0.2, 0) is 4.79 Å². The second-order valence-corrected chi connectivity index (χ2v) is 6.44. The molecular formula is C16H22O4S. The Hall–Kier alpha value is -1.36. The Bertz CT molecular complexity index is 489. The third kappa shape index (κ3) is 3.84. The van der Waals surface area contributed by atoms with Gasteiger partial charge in [0.1, 0.15) is 0 Å². The molecule has 4 nitrogen and oxygen atoms in total. The van der Waals surface area contributed by atoms with E-state index in [1.54, 1.807) is 26.0 Å². The minimum atomic E-state index is -0.748. The fraction of sp³-hybridized carbons (Fsp3) is 0.562. The van der Waals surface area contributed by atoms with Crippen molar-refractivity contribution in [2.45, 2.75) is 36.9 Å². The van der Waals surface area contributed by atoms with E-state index in [0.29, 0.717) is 11.2 Å². The Labute approximate surface area is 129 Å². The van der Waals surface area contributed by atoms with E-state index < -0.39 is 5.97 Å². The zero-order chi connectivity index (χ0) is 15.2. The summed E-state index contributed by atoms with van der Waals surface area (Å²) in [5.74, 6) is 1.26. The molecule has 1 aliphatic rings. The molecule has 0 amide bonds. The number of carboxylic acids is 1. The van der Waals surface area contributed by atoms with E-state index in [2.05, 4.69) is 6.07 Å². The second-order valence-electron chi connectivity index (χ2n) is 5.22. The quantitative estimate of drug-likeness (QED) is 0.871. The lowest BCUT2D eigenvalue weighted by molar-refractivity contribution is -0.133. The number of carboxylic acid groups (broad SMARTS) is 1. The molecule has 0 saturated heterocycles. The van der Waals surface area contributed by atoms with Gasteiger partial charge in [0.25, 0.3) is 0 Å². The molecule has 0 aromatic heterocycles. The van der Waals surface area contributed by atoms with E-state index >= 15 is 0 Å². The normalized spacial score (nSPS) is 21.8. The van der Waals surface area contributed by atoms with Gasteiger partial charge in [-0.3, -0.25) is 4.79 Å². The SMILES string of the molecule is COc1cccc([C@@H]2CCCC[C@@H]2SCC(=O)O)c1OC. The van der Waals surface area contributed by atoms with Gasteiger partial charge in [-0.05, 0) is 24.8 Å². The average Bonchev–Trinajstić information content (AvgIpc) is 2.52. The molecule has 0 unspecified atom stereocenters. The molecule has 21 heavy (non-hydrogen) atoms. The Morgan fingerprint density at radius 2 is 2.05 bits per heavy atom. The first-order chi connectivity index (χ1) is 10.2. The lowest BCUT2D eigenvalue weighted by atomic mass is 9.83. The first kappa shape index (κ1) is 16.0. The van der Waals surface area contributed by atoms with Gasteiger partial charge >= 0.3 is 5.97 Å². The number of thioether (sulfide) groups is 1. The molecular weight excluding hydrogens is 288 g/mol. The number of hydrogen-bond donors (Lipinski definition) is 1. The highest BCUT2D eigenvalue weighted by atomic mass is 32.2. The van der Waals surface area contributed by atoms with Crippen molar-refractivity contribution >= 4 is 17.7 Å². The van der Waals surface area contributed by atoms with Crippen LogP contribution in [0.1, 0.15) is 37.2 Å². The monoisotopic (exact) mass is 310 g/mol. The first-order valence-electron chi connectivity index (χ1n) is 7.21. The summed E-state index contributed by atoms with van der Waals surface area (Å²) in [7, 11) is 3.29. The summed E-state index contributed by atoms with van der Waals surface area (Å²) < 4.78 is 10.9. The number of rotatable bonds is 6. The average molecular weight is 310 g/mol. The standard InChI is InChI=1S/C16H22O4S/c1-19-13-8-5-7-12(16(13)20-2)11-6-3-4-9-14(11)21-10-15(17)18/h5,7-8,11,14H,3-4,6,9-10H2,1-2H3,(H,17,18)/t11-,14-/m0/s1. The summed E-state index contributed by atoms with van der Waals surface area (Å²) in [4.78, 5) is 10.8. The largest absolute Gasteiger partial charge is 0.493 e. The molecule has 1 fully saturated rings. The third-order valence-corrected chi connectivity index (χ3v) is 5.36. The number of benzene rings is 1. The van der Waals surface area contributed by atoms with Crippen LogP contribution in [0.3, 0.4) is 0 Å². The zero-order valence-corrected chi connectivity index (χ0v) is 13.3. The van der Waals surface area contributed by atoms with Gasteiger partial charge in [0, 0.05) is 10.8 Å². The molecule has 1 aliphatic carbocycles. The van der Waals surface area contributed by atoms with Crippen molar-refractivity contribution in [1.29, 1.82) is 0 Å². The summed E-state index contributed by atoms with van der Waals surface area (Å²) in [6.45, 7) is 0. The van der Waals surface area contributed by atoms with Gasteiger partial charge in [-0.25, -0.2) is 0 Å². The number of para-hydroxylation sites is 1. The lowest BCUT2D eigenvalue weighted by Gasteiger charge is -2.32. The lowest BCUT2D eigenvalue weighted by Crippen LogP contribution is -2.22. The minimum absolute atomic E-state index is 0.160. The van der Waals surface area contributed by atoms with Crippen molar-refractivity contribution in [1.82, 2.24) is 0 Å². The molecule has 1 N–H and O–H groups in total. The van der Waals surface area contributed by atoms with Crippen LogP contribution in [0.4, 0.5) is 0 Å². The molecule has 0 aliphatic heterocycles. The van der Waals surface area contributed by atoms with E-state index in [1.165, 1.54) is 12.8 Å². The highest BCUT2D eigenvalue weighted by Gasteiger charge is 2.30. The van der Waals surface area contributed by atoms with E-state index in [-0.39, 0.29) is 5.75 Å². The van der Waals surface area contributed by atoms with Crippen molar-refractivity contribution in [3.8, 4) is 11.5 Å². The van der Waals surface area contributed by atoms with Crippen molar-refractivity contribution in [2.24, 2.45) is 0 Å². The molecule has 1 aromatic rings. The maximum absolute atomic E-state index is 10.8. The van der Waals surface area contributed by atoms with Crippen molar-refractivity contribution in [3.05, 3.63) is 23.8 Å². The fourth-order valence-corrected chi connectivity index (χ4v) is 4.24. The van der Waals surface area contributed by atoms with Crippen LogP contribution in [0.5, 0.6) is 11.5 Å². The van der Waals surface area contributed by atoms with Crippen LogP contribution in [0.2, 0.25) is 0 Å². The second kappa shape index (κ2) is 7.59. The molecule has 116 valence electrons. The zero-order valence-electron chi connectivity index (χ0n) is 12.5. The maximum Gasteiger partial charge on any atom is 0.313 e. The fourth-order valence-electron chi connectivity index (χ4n) is 3.03. The van der Waals surface area contributed by atoms with Crippen LogP contribution < -0.4 is 9.47 Å². The third-order valence-electron chi connectivity index (χ3n) is 3.96.